The number of carbonyl (C=O) groups is 2. The van der Waals surface area contributed by atoms with Crippen LogP contribution in [0.15, 0.2) is 18.2 Å². The Labute approximate surface area is 104 Å². The predicted molar refractivity (Wildman–Crippen MR) is 70.6 cm³/mol. The van der Waals surface area contributed by atoms with E-state index in [4.69, 9.17) is 21.2 Å². The number of rotatable bonds is 0. The average Bonchev–Trinajstić information content (AvgIpc) is 2.61. The van der Waals surface area contributed by atoms with Crippen LogP contribution in [-0.2, 0) is 9.59 Å². The van der Waals surface area contributed by atoms with Crippen LogP contribution in [0.5, 0.6) is 0 Å². The molecule has 0 saturated heterocycles. The van der Waals surface area contributed by atoms with Gasteiger partial charge in [-0.25, -0.2) is 0 Å². The Kier molecular flexibility index (Phi) is 6.61. The van der Waals surface area contributed by atoms with Crippen molar-refractivity contribution in [2.45, 2.75) is 13.8 Å². The Hall–Kier alpha value is -1.19. The van der Waals surface area contributed by atoms with Crippen molar-refractivity contribution in [2.24, 2.45) is 0 Å². The summed E-state index contributed by atoms with van der Waals surface area (Å²) in [7, 11) is 0. The van der Waals surface area contributed by atoms with Crippen LogP contribution < -0.4 is 0 Å². The standard InChI is InChI=1S/C10H9ClS.2CH2O/c1-6-7(2)12-10-4-3-8(11)5-9(6)10;2*1-2/h3-5H,1-2H3;2*1H2. The molecule has 4 heteroatoms. The average molecular weight is 257 g/mol. The van der Waals surface area contributed by atoms with E-state index in [9.17, 15) is 0 Å². The van der Waals surface area contributed by atoms with E-state index in [-0.39, 0.29) is 0 Å². The quantitative estimate of drug-likeness (QED) is 0.718. The van der Waals surface area contributed by atoms with Gasteiger partial charge in [0.05, 0.1) is 0 Å². The van der Waals surface area contributed by atoms with E-state index in [0.717, 1.165) is 5.02 Å². The van der Waals surface area contributed by atoms with Gasteiger partial charge in [0.2, 0.25) is 0 Å². The van der Waals surface area contributed by atoms with Gasteiger partial charge in [0, 0.05) is 14.6 Å². The van der Waals surface area contributed by atoms with Gasteiger partial charge >= 0.3 is 0 Å². The van der Waals surface area contributed by atoms with Gasteiger partial charge in [-0.1, -0.05) is 11.6 Å². The molecule has 2 aromatic rings. The summed E-state index contributed by atoms with van der Waals surface area (Å²) in [5, 5.41) is 2.12. The molecule has 1 heterocycles. The lowest BCUT2D eigenvalue weighted by Crippen LogP contribution is -1.70. The molecular weight excluding hydrogens is 244 g/mol. The second-order valence-electron chi connectivity index (χ2n) is 2.92. The van der Waals surface area contributed by atoms with Gasteiger partial charge < -0.3 is 9.59 Å². The molecule has 0 spiro atoms. The molecule has 0 atom stereocenters. The van der Waals surface area contributed by atoms with Gasteiger partial charge in [0.1, 0.15) is 13.6 Å². The molecule has 86 valence electrons. The number of fused-ring (bicyclic) bond motifs is 1. The first kappa shape index (κ1) is 14.8. The number of halogens is 1. The highest BCUT2D eigenvalue weighted by Crippen LogP contribution is 2.31. The monoisotopic (exact) mass is 256 g/mol. The van der Waals surface area contributed by atoms with Crippen molar-refractivity contribution in [1.29, 1.82) is 0 Å². The Balaban J connectivity index is 0.000000509. The molecule has 16 heavy (non-hydrogen) atoms. The highest BCUT2D eigenvalue weighted by atomic mass is 35.5. The molecule has 0 aliphatic carbocycles. The van der Waals surface area contributed by atoms with Gasteiger partial charge in [-0.3, -0.25) is 0 Å². The van der Waals surface area contributed by atoms with E-state index in [0.29, 0.717) is 0 Å². The lowest BCUT2D eigenvalue weighted by atomic mass is 10.2. The maximum atomic E-state index is 8.00. The summed E-state index contributed by atoms with van der Waals surface area (Å²) in [6.45, 7) is 8.29. The van der Waals surface area contributed by atoms with Gasteiger partial charge in [0.15, 0.2) is 0 Å². The minimum atomic E-state index is 0.823. The first-order chi connectivity index (χ1) is 7.68. The Morgan fingerprint density at radius 3 is 2.25 bits per heavy atom. The van der Waals surface area contributed by atoms with Gasteiger partial charge in [0.25, 0.3) is 0 Å². The van der Waals surface area contributed by atoms with Crippen molar-refractivity contribution in [3.05, 3.63) is 33.7 Å². The molecule has 0 N–H and O–H groups in total. The summed E-state index contributed by atoms with van der Waals surface area (Å²) in [6, 6.07) is 6.07. The lowest BCUT2D eigenvalue weighted by Gasteiger charge is -1.92. The first-order valence-corrected chi connectivity index (χ1v) is 5.61. The minimum Gasteiger partial charge on any atom is -0.307 e. The lowest BCUT2D eigenvalue weighted by molar-refractivity contribution is -0.0987. The van der Waals surface area contributed by atoms with Gasteiger partial charge in [-0.2, -0.15) is 0 Å². The van der Waals surface area contributed by atoms with E-state index in [1.165, 1.54) is 20.5 Å². The third kappa shape index (κ3) is 3.15. The molecule has 0 amide bonds. The summed E-state index contributed by atoms with van der Waals surface area (Å²) < 4.78 is 1.33. The fraction of sp³-hybridized carbons (Fsp3) is 0.167. The van der Waals surface area contributed by atoms with Crippen LogP contribution in [0.2, 0.25) is 5.02 Å². The van der Waals surface area contributed by atoms with Crippen LogP contribution in [-0.4, -0.2) is 13.6 Å². The molecule has 2 nitrogen and oxygen atoms in total. The van der Waals surface area contributed by atoms with Crippen LogP contribution in [0.1, 0.15) is 10.4 Å². The maximum absolute atomic E-state index is 8.00. The van der Waals surface area contributed by atoms with Crippen LogP contribution in [0.25, 0.3) is 10.1 Å². The third-order valence-electron chi connectivity index (χ3n) is 2.14. The number of carbonyl (C=O) groups excluding carboxylic acids is 2. The van der Waals surface area contributed by atoms with E-state index >= 15 is 0 Å². The molecule has 0 bridgehead atoms. The van der Waals surface area contributed by atoms with Gasteiger partial charge in [-0.15, -0.1) is 11.3 Å². The van der Waals surface area contributed by atoms with Crippen molar-refractivity contribution in [3.8, 4) is 0 Å². The van der Waals surface area contributed by atoms with Gasteiger partial charge in [-0.05, 0) is 43.0 Å². The van der Waals surface area contributed by atoms with Crippen LogP contribution in [0, 0.1) is 13.8 Å². The third-order valence-corrected chi connectivity index (χ3v) is 3.56. The Morgan fingerprint density at radius 2 is 1.69 bits per heavy atom. The first-order valence-electron chi connectivity index (χ1n) is 4.41. The zero-order valence-electron chi connectivity index (χ0n) is 9.25. The summed E-state index contributed by atoms with van der Waals surface area (Å²) in [5.41, 5.74) is 1.36. The smallest absolute Gasteiger partial charge is 0.106 e. The Morgan fingerprint density at radius 1 is 1.12 bits per heavy atom. The molecule has 1 aromatic carbocycles. The number of benzene rings is 1. The molecule has 0 aliphatic heterocycles. The zero-order valence-corrected chi connectivity index (χ0v) is 10.8. The molecule has 1 aromatic heterocycles. The van der Waals surface area contributed by atoms with Crippen molar-refractivity contribution in [3.63, 3.8) is 0 Å². The second kappa shape index (κ2) is 7.14. The summed E-state index contributed by atoms with van der Waals surface area (Å²) in [4.78, 5) is 17.4. The SMILES string of the molecule is C=O.C=O.Cc1sc2ccc(Cl)cc2c1C. The van der Waals surface area contributed by atoms with E-state index in [1.807, 2.05) is 37.0 Å². The van der Waals surface area contributed by atoms with Crippen LogP contribution in [0.4, 0.5) is 0 Å². The minimum absolute atomic E-state index is 0.823. The van der Waals surface area contributed by atoms with Crippen molar-refractivity contribution < 1.29 is 9.59 Å². The number of hydrogen-bond acceptors (Lipinski definition) is 3. The molecule has 0 fully saturated rings. The van der Waals surface area contributed by atoms with E-state index < -0.39 is 0 Å². The Bertz CT molecular complexity index is 463. The topological polar surface area (TPSA) is 34.1 Å². The maximum Gasteiger partial charge on any atom is 0.106 e. The highest BCUT2D eigenvalue weighted by Gasteiger charge is 2.03. The van der Waals surface area contributed by atoms with Crippen molar-refractivity contribution in [2.75, 3.05) is 0 Å². The van der Waals surface area contributed by atoms with Crippen molar-refractivity contribution >= 4 is 46.6 Å². The number of aryl methyl sites for hydroxylation is 2. The van der Waals surface area contributed by atoms with Crippen molar-refractivity contribution in [1.82, 2.24) is 0 Å². The summed E-state index contributed by atoms with van der Waals surface area (Å²) in [6.07, 6.45) is 0. The molecule has 0 aliphatic rings. The zero-order chi connectivity index (χ0) is 12.7. The van der Waals surface area contributed by atoms with E-state index in [1.54, 1.807) is 0 Å². The van der Waals surface area contributed by atoms with E-state index in [2.05, 4.69) is 19.9 Å². The second-order valence-corrected chi connectivity index (χ2v) is 4.62. The number of thiophene rings is 1. The molecule has 0 saturated carbocycles. The largest absolute Gasteiger partial charge is 0.307 e. The number of hydrogen-bond donors (Lipinski definition) is 0. The van der Waals surface area contributed by atoms with Crippen LogP contribution in [0.3, 0.4) is 0 Å². The van der Waals surface area contributed by atoms with Crippen LogP contribution >= 0.6 is 22.9 Å². The summed E-state index contributed by atoms with van der Waals surface area (Å²) in [5.74, 6) is 0. The fourth-order valence-electron chi connectivity index (χ4n) is 1.32. The fourth-order valence-corrected chi connectivity index (χ4v) is 2.54. The summed E-state index contributed by atoms with van der Waals surface area (Å²) >= 11 is 7.73. The molecular formula is C12H13ClO2S. The molecule has 0 radical (unpaired) electrons. The molecule has 2 rings (SSSR count). The highest BCUT2D eigenvalue weighted by molar-refractivity contribution is 7.19. The normalized spacial score (nSPS) is 8.69. The predicted octanol–water partition coefficient (Wildman–Crippen LogP) is 3.80. The molecule has 0 unspecified atom stereocenters.